The molecule has 0 nitrogen and oxygen atoms in total. The van der Waals surface area contributed by atoms with Gasteiger partial charge in [-0.1, -0.05) is 35.9 Å². The van der Waals surface area contributed by atoms with Crippen LogP contribution in [0, 0.1) is 6.92 Å². The summed E-state index contributed by atoms with van der Waals surface area (Å²) < 4.78 is 113. The third kappa shape index (κ3) is 3.22. The minimum atomic E-state index is -6.87. The van der Waals surface area contributed by atoms with Crippen molar-refractivity contribution in [1.29, 1.82) is 0 Å². The van der Waals surface area contributed by atoms with Crippen molar-refractivity contribution in [2.45, 2.75) is 30.9 Å². The van der Waals surface area contributed by atoms with E-state index in [0.717, 1.165) is 0 Å². The molecule has 1 rings (SSSR count). The van der Waals surface area contributed by atoms with Gasteiger partial charge in [0.25, 0.3) is 0 Å². The van der Waals surface area contributed by atoms with Crippen LogP contribution in [0.1, 0.15) is 11.1 Å². The van der Waals surface area contributed by atoms with Gasteiger partial charge in [-0.25, -0.2) is 0 Å². The molecule has 0 saturated heterocycles. The zero-order valence-corrected chi connectivity index (χ0v) is 10.9. The standard InChI is InChI=1S/C13H9F9/c1-8-2-4-9(5-3-8)6-7-10(14,15)11(16,17)12(18,19)13(20,21)22/h2-7H,1H3. The Balaban J connectivity index is 3.13. The topological polar surface area (TPSA) is 0 Å². The Labute approximate surface area is 119 Å². The lowest BCUT2D eigenvalue weighted by Gasteiger charge is -2.32. The highest BCUT2D eigenvalue weighted by molar-refractivity contribution is 5.51. The van der Waals surface area contributed by atoms with Crippen LogP contribution >= 0.6 is 0 Å². The van der Waals surface area contributed by atoms with Gasteiger partial charge in [0.05, 0.1) is 0 Å². The van der Waals surface area contributed by atoms with E-state index in [-0.39, 0.29) is 5.56 Å². The predicted octanol–water partition coefficient (Wildman–Crippen LogP) is 5.48. The van der Waals surface area contributed by atoms with Crippen LogP contribution in [0.2, 0.25) is 0 Å². The van der Waals surface area contributed by atoms with Gasteiger partial charge in [-0.3, -0.25) is 0 Å². The molecule has 22 heavy (non-hydrogen) atoms. The number of rotatable bonds is 4. The molecule has 0 aliphatic heterocycles. The van der Waals surface area contributed by atoms with Gasteiger partial charge in [-0.15, -0.1) is 0 Å². The Morgan fingerprint density at radius 1 is 0.727 bits per heavy atom. The molecule has 0 bridgehead atoms. The maximum atomic E-state index is 13.2. The Morgan fingerprint density at radius 2 is 1.18 bits per heavy atom. The Bertz CT molecular complexity index is 538. The smallest absolute Gasteiger partial charge is 0.195 e. The van der Waals surface area contributed by atoms with Gasteiger partial charge in [-0.2, -0.15) is 39.5 Å². The van der Waals surface area contributed by atoms with Crippen molar-refractivity contribution >= 4 is 6.08 Å². The molecular formula is C13H9F9. The lowest BCUT2D eigenvalue weighted by Crippen LogP contribution is -2.60. The predicted molar refractivity (Wildman–Crippen MR) is 61.1 cm³/mol. The zero-order chi connectivity index (χ0) is 17.4. The van der Waals surface area contributed by atoms with Crippen molar-refractivity contribution < 1.29 is 39.5 Å². The number of allylic oxidation sites excluding steroid dienone is 1. The van der Waals surface area contributed by atoms with Crippen molar-refractivity contribution in [1.82, 2.24) is 0 Å². The van der Waals surface area contributed by atoms with Crippen molar-refractivity contribution in [3.8, 4) is 0 Å². The molecule has 0 aliphatic carbocycles. The first kappa shape index (κ1) is 18.4. The van der Waals surface area contributed by atoms with Crippen LogP contribution in [0.5, 0.6) is 0 Å². The summed E-state index contributed by atoms with van der Waals surface area (Å²) in [5.74, 6) is -19.2. The molecule has 1 aromatic rings. The second kappa shape index (κ2) is 5.51. The molecule has 0 fully saturated rings. The highest BCUT2D eigenvalue weighted by Gasteiger charge is 2.81. The minimum absolute atomic E-state index is 0.0589. The first-order chi connectivity index (χ1) is 9.72. The first-order valence-corrected chi connectivity index (χ1v) is 5.68. The molecule has 0 saturated carbocycles. The molecule has 124 valence electrons. The van der Waals surface area contributed by atoms with Crippen LogP contribution in [0.15, 0.2) is 30.3 Å². The normalized spacial score (nSPS) is 14.6. The molecule has 0 spiro atoms. The van der Waals surface area contributed by atoms with Crippen molar-refractivity contribution in [2.75, 3.05) is 0 Å². The first-order valence-electron chi connectivity index (χ1n) is 5.68. The summed E-state index contributed by atoms with van der Waals surface area (Å²) >= 11 is 0. The van der Waals surface area contributed by atoms with Crippen LogP contribution < -0.4 is 0 Å². The second-order valence-electron chi connectivity index (χ2n) is 4.51. The van der Waals surface area contributed by atoms with E-state index in [4.69, 9.17) is 0 Å². The molecule has 1 aromatic carbocycles. The molecule has 0 aliphatic rings. The highest BCUT2D eigenvalue weighted by Crippen LogP contribution is 2.53. The largest absolute Gasteiger partial charge is 0.460 e. The van der Waals surface area contributed by atoms with Crippen molar-refractivity contribution in [2.24, 2.45) is 0 Å². The second-order valence-corrected chi connectivity index (χ2v) is 4.51. The number of halogens is 9. The number of alkyl halides is 9. The summed E-state index contributed by atoms with van der Waals surface area (Å²) in [5.41, 5.74) is 0.647. The molecule has 0 amide bonds. The van der Waals surface area contributed by atoms with E-state index in [1.54, 1.807) is 6.92 Å². The molecule has 0 N–H and O–H groups in total. The van der Waals surface area contributed by atoms with E-state index in [2.05, 4.69) is 0 Å². The molecule has 0 atom stereocenters. The van der Waals surface area contributed by atoms with Crippen LogP contribution in [-0.4, -0.2) is 23.9 Å². The number of hydrogen-bond acceptors (Lipinski definition) is 0. The van der Waals surface area contributed by atoms with Crippen LogP contribution in [0.4, 0.5) is 39.5 Å². The van der Waals surface area contributed by atoms with E-state index < -0.39 is 30.0 Å². The van der Waals surface area contributed by atoms with Crippen LogP contribution in [0.3, 0.4) is 0 Å². The summed E-state index contributed by atoms with van der Waals surface area (Å²) in [6, 6.07) is 5.25. The van der Waals surface area contributed by atoms with E-state index in [9.17, 15) is 39.5 Å². The van der Waals surface area contributed by atoms with Crippen molar-refractivity contribution in [3.05, 3.63) is 41.5 Å². The molecule has 0 radical (unpaired) electrons. The Hall–Kier alpha value is -1.67. The fourth-order valence-corrected chi connectivity index (χ4v) is 1.37. The third-order valence-electron chi connectivity index (χ3n) is 2.73. The Morgan fingerprint density at radius 3 is 1.59 bits per heavy atom. The van der Waals surface area contributed by atoms with E-state index >= 15 is 0 Å². The number of hydrogen-bond donors (Lipinski definition) is 0. The lowest BCUT2D eigenvalue weighted by atomic mass is 10.0. The summed E-state index contributed by atoms with van der Waals surface area (Å²) in [6.07, 6.45) is -7.13. The fourth-order valence-electron chi connectivity index (χ4n) is 1.37. The summed E-state index contributed by atoms with van der Waals surface area (Å²) in [7, 11) is 0. The monoisotopic (exact) mass is 336 g/mol. The van der Waals surface area contributed by atoms with Gasteiger partial charge < -0.3 is 0 Å². The van der Waals surface area contributed by atoms with Gasteiger partial charge in [0.15, 0.2) is 0 Å². The molecule has 0 aromatic heterocycles. The zero-order valence-electron chi connectivity index (χ0n) is 10.9. The van der Waals surface area contributed by atoms with Gasteiger partial charge in [-0.05, 0) is 18.6 Å². The van der Waals surface area contributed by atoms with E-state index in [0.29, 0.717) is 11.6 Å². The fraction of sp³-hybridized carbons (Fsp3) is 0.385. The molecule has 0 unspecified atom stereocenters. The van der Waals surface area contributed by atoms with Gasteiger partial charge in [0.1, 0.15) is 0 Å². The summed E-state index contributed by atoms with van der Waals surface area (Å²) in [6.45, 7) is 1.64. The van der Waals surface area contributed by atoms with Crippen LogP contribution in [-0.2, 0) is 0 Å². The Kier molecular flexibility index (Phi) is 4.60. The maximum Gasteiger partial charge on any atom is 0.460 e. The van der Waals surface area contributed by atoms with Crippen molar-refractivity contribution in [3.63, 3.8) is 0 Å². The average molecular weight is 336 g/mol. The quantitative estimate of drug-likeness (QED) is 0.639. The lowest BCUT2D eigenvalue weighted by molar-refractivity contribution is -0.388. The summed E-state index contributed by atoms with van der Waals surface area (Å²) in [5, 5.41) is 0. The summed E-state index contributed by atoms with van der Waals surface area (Å²) in [4.78, 5) is 0. The van der Waals surface area contributed by atoms with E-state index in [1.165, 1.54) is 24.3 Å². The van der Waals surface area contributed by atoms with Crippen LogP contribution in [0.25, 0.3) is 6.08 Å². The number of aryl methyl sites for hydroxylation is 1. The SMILES string of the molecule is Cc1ccc(C=CC(F)(F)C(F)(F)C(F)(F)C(F)(F)F)cc1. The van der Waals surface area contributed by atoms with Gasteiger partial charge >= 0.3 is 23.9 Å². The molecule has 0 heterocycles. The average Bonchev–Trinajstić information content (AvgIpc) is 2.36. The minimum Gasteiger partial charge on any atom is -0.195 e. The molecule has 9 heteroatoms. The third-order valence-corrected chi connectivity index (χ3v) is 2.73. The molecular weight excluding hydrogens is 327 g/mol. The van der Waals surface area contributed by atoms with Gasteiger partial charge in [0.2, 0.25) is 0 Å². The number of benzene rings is 1. The maximum absolute atomic E-state index is 13.2. The van der Waals surface area contributed by atoms with E-state index in [1.807, 2.05) is 0 Å². The highest BCUT2D eigenvalue weighted by atomic mass is 19.4. The van der Waals surface area contributed by atoms with Gasteiger partial charge in [0, 0.05) is 0 Å².